The van der Waals surface area contributed by atoms with Crippen LogP contribution >= 0.6 is 11.6 Å². The second-order valence-electron chi connectivity index (χ2n) is 7.51. The summed E-state index contributed by atoms with van der Waals surface area (Å²) in [6, 6.07) is 15.7. The van der Waals surface area contributed by atoms with Crippen LogP contribution in [0.4, 0.5) is 0 Å². The Morgan fingerprint density at radius 3 is 2.25 bits per heavy atom. The lowest BCUT2D eigenvalue weighted by atomic mass is 9.80. The van der Waals surface area contributed by atoms with Crippen LogP contribution in [0.15, 0.2) is 60.2 Å². The van der Waals surface area contributed by atoms with Gasteiger partial charge in [0.25, 0.3) is 0 Å². The largest absolute Gasteiger partial charge is 0.508 e. The first-order chi connectivity index (χ1) is 13.6. The molecule has 150 valence electrons. The van der Waals surface area contributed by atoms with Crippen LogP contribution in [0.1, 0.15) is 36.8 Å². The molecule has 2 aromatic rings. The maximum absolute atomic E-state index is 9.86. The third kappa shape index (κ3) is 6.29. The second kappa shape index (κ2) is 10.5. The average Bonchev–Trinajstić information content (AvgIpc) is 2.72. The number of ether oxygens (including phenoxy) is 1. The minimum atomic E-state index is -0.147. The topological polar surface area (TPSA) is 49.7 Å². The first kappa shape index (κ1) is 20.8. The minimum absolute atomic E-state index is 0.147. The van der Waals surface area contributed by atoms with Crippen LogP contribution in [0.3, 0.4) is 0 Å². The van der Waals surface area contributed by atoms with Gasteiger partial charge >= 0.3 is 0 Å². The molecule has 0 aliphatic heterocycles. The monoisotopic (exact) mass is 400 g/mol. The Bertz CT molecular complexity index is 744. The predicted octanol–water partition coefficient (Wildman–Crippen LogP) is 5.27. The summed E-state index contributed by atoms with van der Waals surface area (Å²) in [5, 5.41) is 19.4. The molecule has 2 aromatic carbocycles. The van der Waals surface area contributed by atoms with Gasteiger partial charge in [0.2, 0.25) is 0 Å². The van der Waals surface area contributed by atoms with Crippen LogP contribution in [-0.2, 0) is 12.8 Å². The highest BCUT2D eigenvalue weighted by Crippen LogP contribution is 2.32. The first-order valence-corrected chi connectivity index (χ1v) is 10.6. The zero-order chi connectivity index (χ0) is 19.8. The highest BCUT2D eigenvalue weighted by atomic mass is 35.5. The summed E-state index contributed by atoms with van der Waals surface area (Å²) in [7, 11) is 0. The molecule has 0 saturated heterocycles. The van der Waals surface area contributed by atoms with Crippen LogP contribution < -0.4 is 4.74 Å². The molecule has 3 nitrogen and oxygen atoms in total. The molecule has 1 fully saturated rings. The van der Waals surface area contributed by atoms with Gasteiger partial charge in [0.05, 0.1) is 12.0 Å². The molecule has 4 heteroatoms. The molecular formula is C24H29ClO3. The molecule has 0 spiro atoms. The smallest absolute Gasteiger partial charge is 0.119 e. The molecule has 3 rings (SSSR count). The van der Waals surface area contributed by atoms with Gasteiger partial charge in [-0.1, -0.05) is 35.9 Å². The van der Waals surface area contributed by atoms with Gasteiger partial charge < -0.3 is 14.9 Å². The van der Waals surface area contributed by atoms with Crippen molar-refractivity contribution in [3.8, 4) is 11.5 Å². The number of alkyl halides is 1. The Morgan fingerprint density at radius 1 is 0.964 bits per heavy atom. The lowest BCUT2D eigenvalue weighted by Gasteiger charge is -2.28. The Hall–Kier alpha value is -1.97. The van der Waals surface area contributed by atoms with Gasteiger partial charge in [0.15, 0.2) is 0 Å². The molecule has 28 heavy (non-hydrogen) atoms. The number of rotatable bonds is 8. The molecule has 1 saturated carbocycles. The Morgan fingerprint density at radius 2 is 1.61 bits per heavy atom. The number of halogens is 1. The van der Waals surface area contributed by atoms with E-state index in [1.165, 1.54) is 16.7 Å². The molecule has 0 radical (unpaired) electrons. The fourth-order valence-corrected chi connectivity index (χ4v) is 3.88. The van der Waals surface area contributed by atoms with E-state index in [4.69, 9.17) is 16.3 Å². The summed E-state index contributed by atoms with van der Waals surface area (Å²) in [6.07, 6.45) is 7.80. The molecule has 0 heterocycles. The summed E-state index contributed by atoms with van der Waals surface area (Å²) >= 11 is 5.66. The van der Waals surface area contributed by atoms with Crippen molar-refractivity contribution in [2.45, 2.75) is 44.6 Å². The number of benzene rings is 2. The maximum Gasteiger partial charge on any atom is 0.119 e. The Labute approximate surface area is 172 Å². The predicted molar refractivity (Wildman–Crippen MR) is 114 cm³/mol. The molecule has 1 aliphatic carbocycles. The maximum atomic E-state index is 9.86. The van der Waals surface area contributed by atoms with Crippen LogP contribution in [0, 0.1) is 5.92 Å². The number of phenolic OH excluding ortho intramolecular Hbond substituents is 1. The lowest BCUT2D eigenvalue weighted by Crippen LogP contribution is -2.20. The number of aromatic hydroxyl groups is 1. The quantitative estimate of drug-likeness (QED) is 0.468. The van der Waals surface area contributed by atoms with Gasteiger partial charge in [0.1, 0.15) is 18.1 Å². The molecule has 0 unspecified atom stereocenters. The van der Waals surface area contributed by atoms with Crippen LogP contribution in [0.2, 0.25) is 0 Å². The zero-order valence-corrected chi connectivity index (χ0v) is 16.9. The fourth-order valence-electron chi connectivity index (χ4n) is 3.81. The highest BCUT2D eigenvalue weighted by molar-refractivity contribution is 6.18. The molecule has 0 bridgehead atoms. The number of phenols is 1. The number of hydrogen-bond donors (Lipinski definition) is 2. The van der Waals surface area contributed by atoms with E-state index in [-0.39, 0.29) is 6.10 Å². The molecule has 2 N–H and O–H groups in total. The third-order valence-corrected chi connectivity index (χ3v) is 5.59. The van der Waals surface area contributed by atoms with Gasteiger partial charge in [-0.15, -0.1) is 11.6 Å². The molecule has 1 aliphatic rings. The fraction of sp³-hybridized carbons (Fsp3) is 0.417. The molecule has 0 atom stereocenters. The van der Waals surface area contributed by atoms with E-state index >= 15 is 0 Å². The number of allylic oxidation sites excluding steroid dienone is 2. The molecule has 0 amide bonds. The Balaban J connectivity index is 1.70. The van der Waals surface area contributed by atoms with Gasteiger partial charge in [-0.2, -0.15) is 0 Å². The van der Waals surface area contributed by atoms with Crippen molar-refractivity contribution in [1.29, 1.82) is 0 Å². The van der Waals surface area contributed by atoms with Crippen molar-refractivity contribution >= 4 is 11.6 Å². The summed E-state index contributed by atoms with van der Waals surface area (Å²) in [5.41, 5.74) is 3.89. The summed E-state index contributed by atoms with van der Waals surface area (Å²) in [6.45, 7) is 0.519. The van der Waals surface area contributed by atoms with E-state index in [0.717, 1.165) is 44.3 Å². The van der Waals surface area contributed by atoms with Crippen molar-refractivity contribution in [3.63, 3.8) is 0 Å². The van der Waals surface area contributed by atoms with Crippen molar-refractivity contribution in [2.24, 2.45) is 5.92 Å². The Kier molecular flexibility index (Phi) is 7.81. The number of aliphatic hydroxyl groups is 1. The van der Waals surface area contributed by atoms with E-state index < -0.39 is 0 Å². The van der Waals surface area contributed by atoms with Crippen molar-refractivity contribution < 1.29 is 14.9 Å². The summed E-state index contributed by atoms with van der Waals surface area (Å²) < 4.78 is 5.54. The SMILES string of the molecule is Oc1ccc(CC(=CCc2ccc(OCCCl)cc2)C2CCC(O)CC2)cc1. The van der Waals surface area contributed by atoms with Crippen LogP contribution in [0.25, 0.3) is 0 Å². The van der Waals surface area contributed by atoms with E-state index in [1.807, 2.05) is 24.3 Å². The summed E-state index contributed by atoms with van der Waals surface area (Å²) in [4.78, 5) is 0. The van der Waals surface area contributed by atoms with Crippen LogP contribution in [-0.4, -0.2) is 28.8 Å². The standard InChI is InChI=1S/C24H29ClO3/c25-15-16-28-24-13-4-18(5-14-24)1-6-21(20-7-11-23(27)12-8-20)17-19-2-9-22(26)10-3-19/h2-6,9-10,13-14,20,23,26-27H,1,7-8,11-12,15-17H2. The van der Waals surface area contributed by atoms with Gasteiger partial charge in [-0.3, -0.25) is 0 Å². The average molecular weight is 401 g/mol. The van der Waals surface area contributed by atoms with Gasteiger partial charge in [-0.25, -0.2) is 0 Å². The second-order valence-corrected chi connectivity index (χ2v) is 7.89. The first-order valence-electron chi connectivity index (χ1n) is 10.1. The van der Waals surface area contributed by atoms with Gasteiger partial charge in [0, 0.05) is 0 Å². The minimum Gasteiger partial charge on any atom is -0.508 e. The van der Waals surface area contributed by atoms with E-state index in [0.29, 0.717) is 24.2 Å². The van der Waals surface area contributed by atoms with E-state index in [2.05, 4.69) is 18.2 Å². The van der Waals surface area contributed by atoms with Gasteiger partial charge in [-0.05, 0) is 79.8 Å². The third-order valence-electron chi connectivity index (χ3n) is 5.43. The molecular weight excluding hydrogens is 372 g/mol. The number of hydrogen-bond acceptors (Lipinski definition) is 3. The lowest BCUT2D eigenvalue weighted by molar-refractivity contribution is 0.115. The van der Waals surface area contributed by atoms with Crippen molar-refractivity contribution in [3.05, 3.63) is 71.3 Å². The zero-order valence-electron chi connectivity index (χ0n) is 16.2. The summed E-state index contributed by atoms with van der Waals surface area (Å²) in [5.74, 6) is 2.15. The highest BCUT2D eigenvalue weighted by Gasteiger charge is 2.22. The van der Waals surface area contributed by atoms with E-state index in [9.17, 15) is 10.2 Å². The van der Waals surface area contributed by atoms with E-state index in [1.54, 1.807) is 12.1 Å². The van der Waals surface area contributed by atoms with Crippen molar-refractivity contribution in [2.75, 3.05) is 12.5 Å². The van der Waals surface area contributed by atoms with Crippen molar-refractivity contribution in [1.82, 2.24) is 0 Å². The normalized spacial score (nSPS) is 20.1. The van der Waals surface area contributed by atoms with Crippen LogP contribution in [0.5, 0.6) is 11.5 Å². The number of aliphatic hydroxyl groups excluding tert-OH is 1. The molecule has 0 aromatic heterocycles.